The summed E-state index contributed by atoms with van der Waals surface area (Å²) in [5, 5.41) is 9.50. The Bertz CT molecular complexity index is 671. The Hall–Kier alpha value is -1.14. The molecule has 0 spiro atoms. The number of esters is 2. The molecule has 0 unspecified atom stereocenters. The molecular formula is C43H85NO5. The van der Waals surface area contributed by atoms with E-state index in [4.69, 9.17) is 9.47 Å². The zero-order valence-electron chi connectivity index (χ0n) is 33.3. The van der Waals surface area contributed by atoms with Gasteiger partial charge in [0.2, 0.25) is 0 Å². The van der Waals surface area contributed by atoms with Crippen LogP contribution in [0.4, 0.5) is 0 Å². The largest absolute Gasteiger partial charge is 0.466 e. The van der Waals surface area contributed by atoms with Crippen molar-refractivity contribution >= 4 is 11.9 Å². The first kappa shape index (κ1) is 47.9. The van der Waals surface area contributed by atoms with Crippen molar-refractivity contribution in [1.29, 1.82) is 0 Å². The van der Waals surface area contributed by atoms with Crippen LogP contribution < -0.4 is 0 Å². The number of nitrogens with zero attached hydrogens (tertiary/aromatic N) is 1. The molecule has 0 saturated heterocycles. The predicted octanol–water partition coefficient (Wildman–Crippen LogP) is 12.3. The summed E-state index contributed by atoms with van der Waals surface area (Å²) in [6, 6.07) is 0. The quantitative estimate of drug-likeness (QED) is 0.0508. The second kappa shape index (κ2) is 39.6. The summed E-state index contributed by atoms with van der Waals surface area (Å²) in [6.07, 6.45) is 37.4. The van der Waals surface area contributed by atoms with Crippen LogP contribution >= 0.6 is 0 Å². The fourth-order valence-electron chi connectivity index (χ4n) is 6.73. The third kappa shape index (κ3) is 36.5. The van der Waals surface area contributed by atoms with Gasteiger partial charge in [-0.1, -0.05) is 162 Å². The van der Waals surface area contributed by atoms with Gasteiger partial charge >= 0.3 is 11.9 Å². The molecule has 1 N–H and O–H groups in total. The fraction of sp³-hybridized carbons (Fsp3) is 0.953. The van der Waals surface area contributed by atoms with E-state index in [1.807, 2.05) is 0 Å². The normalized spacial score (nSPS) is 11.6. The molecule has 6 nitrogen and oxygen atoms in total. The summed E-state index contributed by atoms with van der Waals surface area (Å²) >= 11 is 0. The number of aliphatic hydroxyl groups is 1. The van der Waals surface area contributed by atoms with Crippen LogP contribution in [0.15, 0.2) is 0 Å². The number of unbranched alkanes of at least 4 members (excludes halogenated alkanes) is 23. The molecule has 0 saturated carbocycles. The van der Waals surface area contributed by atoms with Crippen LogP contribution in [0, 0.1) is 0 Å². The first-order chi connectivity index (χ1) is 24.1. The van der Waals surface area contributed by atoms with Gasteiger partial charge in [0.15, 0.2) is 0 Å². The smallest absolute Gasteiger partial charge is 0.306 e. The molecule has 0 radical (unpaired) electrons. The van der Waals surface area contributed by atoms with Crippen LogP contribution in [-0.2, 0) is 19.1 Å². The monoisotopic (exact) mass is 696 g/mol. The number of ether oxygens (including phenoxy) is 2. The molecule has 0 bridgehead atoms. The van der Waals surface area contributed by atoms with E-state index in [1.165, 1.54) is 128 Å². The minimum Gasteiger partial charge on any atom is -0.466 e. The van der Waals surface area contributed by atoms with Crippen LogP contribution in [0.1, 0.15) is 226 Å². The molecule has 0 atom stereocenters. The molecule has 0 amide bonds. The van der Waals surface area contributed by atoms with E-state index in [0.717, 1.165) is 77.3 Å². The van der Waals surface area contributed by atoms with Gasteiger partial charge in [-0.3, -0.25) is 9.59 Å². The van der Waals surface area contributed by atoms with E-state index in [1.54, 1.807) is 0 Å². The van der Waals surface area contributed by atoms with Crippen molar-refractivity contribution in [3.8, 4) is 0 Å². The van der Waals surface area contributed by atoms with Crippen LogP contribution in [0.2, 0.25) is 0 Å². The summed E-state index contributed by atoms with van der Waals surface area (Å²) in [5.74, 6) is -0.0661. The summed E-state index contributed by atoms with van der Waals surface area (Å²) in [6.45, 7) is 9.85. The second-order valence-corrected chi connectivity index (χ2v) is 14.8. The lowest BCUT2D eigenvalue weighted by Crippen LogP contribution is -2.30. The first-order valence-corrected chi connectivity index (χ1v) is 21.8. The van der Waals surface area contributed by atoms with Gasteiger partial charge < -0.3 is 19.5 Å². The van der Waals surface area contributed by atoms with Crippen LogP contribution in [0.3, 0.4) is 0 Å². The van der Waals surface area contributed by atoms with Gasteiger partial charge in [-0.25, -0.2) is 0 Å². The van der Waals surface area contributed by atoms with Gasteiger partial charge in [-0.15, -0.1) is 0 Å². The van der Waals surface area contributed by atoms with Crippen LogP contribution in [-0.4, -0.2) is 60.9 Å². The predicted molar refractivity (Wildman–Crippen MR) is 209 cm³/mol. The van der Waals surface area contributed by atoms with Gasteiger partial charge in [0.25, 0.3) is 0 Å². The van der Waals surface area contributed by atoms with Gasteiger partial charge in [-0.2, -0.15) is 0 Å². The van der Waals surface area contributed by atoms with Crippen molar-refractivity contribution in [3.05, 3.63) is 0 Å². The second-order valence-electron chi connectivity index (χ2n) is 14.8. The van der Waals surface area contributed by atoms with Crippen molar-refractivity contribution in [2.45, 2.75) is 232 Å². The van der Waals surface area contributed by atoms with E-state index in [0.29, 0.717) is 26.0 Å². The average molecular weight is 696 g/mol. The van der Waals surface area contributed by atoms with E-state index in [-0.39, 0.29) is 24.6 Å². The summed E-state index contributed by atoms with van der Waals surface area (Å²) in [7, 11) is 0. The van der Waals surface area contributed by atoms with Crippen molar-refractivity contribution in [2.75, 3.05) is 32.8 Å². The molecule has 292 valence electrons. The molecule has 0 aromatic heterocycles. The molecule has 0 aliphatic carbocycles. The van der Waals surface area contributed by atoms with Gasteiger partial charge in [0.05, 0.1) is 13.2 Å². The first-order valence-electron chi connectivity index (χ1n) is 21.8. The Morgan fingerprint density at radius 3 is 1.33 bits per heavy atom. The highest BCUT2D eigenvalue weighted by Crippen LogP contribution is 2.18. The maximum Gasteiger partial charge on any atom is 0.306 e. The molecular weight excluding hydrogens is 610 g/mol. The number of carbonyl (C=O) groups is 2. The highest BCUT2D eigenvalue weighted by Gasteiger charge is 2.14. The molecule has 6 heteroatoms. The number of hydrogen-bond donors (Lipinski definition) is 1. The SMILES string of the molecule is CCCCCCCCCCCCC(=O)OCCCN(CCO)CCCCCCCC(=O)OC(CCCCCCCC)CCCCCCCC. The summed E-state index contributed by atoms with van der Waals surface area (Å²) < 4.78 is 11.5. The lowest BCUT2D eigenvalue weighted by Gasteiger charge is -2.21. The standard InChI is InChI=1S/C43H85NO5/c1-4-7-10-13-16-17-18-19-23-28-34-42(46)48-40-31-37-44(38-39-45)36-30-25-20-24-29-35-43(47)49-41(32-26-21-14-11-8-5-2)33-27-22-15-12-9-6-3/h41,45H,4-40H2,1-3H3. The average Bonchev–Trinajstić information content (AvgIpc) is 3.09. The number of rotatable bonds is 40. The van der Waals surface area contributed by atoms with E-state index in [9.17, 15) is 14.7 Å². The summed E-state index contributed by atoms with van der Waals surface area (Å²) in [4.78, 5) is 27.0. The van der Waals surface area contributed by atoms with Crippen molar-refractivity contribution < 1.29 is 24.2 Å². The van der Waals surface area contributed by atoms with Gasteiger partial charge in [0, 0.05) is 25.9 Å². The Balaban J connectivity index is 3.98. The Kier molecular flexibility index (Phi) is 38.7. The zero-order chi connectivity index (χ0) is 35.9. The maximum absolute atomic E-state index is 12.7. The Morgan fingerprint density at radius 1 is 0.469 bits per heavy atom. The van der Waals surface area contributed by atoms with Crippen molar-refractivity contribution in [1.82, 2.24) is 4.90 Å². The van der Waals surface area contributed by atoms with Crippen LogP contribution in [0.5, 0.6) is 0 Å². The molecule has 0 fully saturated rings. The topological polar surface area (TPSA) is 76.1 Å². The number of aliphatic hydroxyl groups excluding tert-OH is 1. The number of hydrogen-bond acceptors (Lipinski definition) is 6. The van der Waals surface area contributed by atoms with Crippen molar-refractivity contribution in [2.24, 2.45) is 0 Å². The molecule has 0 aliphatic rings. The third-order valence-corrected chi connectivity index (χ3v) is 9.95. The molecule has 49 heavy (non-hydrogen) atoms. The highest BCUT2D eigenvalue weighted by molar-refractivity contribution is 5.69. The molecule has 0 heterocycles. The van der Waals surface area contributed by atoms with E-state index >= 15 is 0 Å². The highest BCUT2D eigenvalue weighted by atomic mass is 16.5. The zero-order valence-corrected chi connectivity index (χ0v) is 33.3. The Morgan fingerprint density at radius 2 is 0.857 bits per heavy atom. The lowest BCUT2D eigenvalue weighted by atomic mass is 10.0. The van der Waals surface area contributed by atoms with E-state index in [2.05, 4.69) is 25.7 Å². The molecule has 0 aliphatic heterocycles. The van der Waals surface area contributed by atoms with Gasteiger partial charge in [0.1, 0.15) is 6.10 Å². The van der Waals surface area contributed by atoms with Crippen molar-refractivity contribution in [3.63, 3.8) is 0 Å². The molecule has 0 aromatic rings. The maximum atomic E-state index is 12.7. The fourth-order valence-corrected chi connectivity index (χ4v) is 6.73. The lowest BCUT2D eigenvalue weighted by molar-refractivity contribution is -0.150. The third-order valence-electron chi connectivity index (χ3n) is 9.95. The van der Waals surface area contributed by atoms with E-state index < -0.39 is 0 Å². The molecule has 0 aromatic carbocycles. The molecule has 0 rings (SSSR count). The van der Waals surface area contributed by atoms with Gasteiger partial charge in [-0.05, 0) is 57.9 Å². The Labute approximate surface area is 305 Å². The van der Waals surface area contributed by atoms with Crippen LogP contribution in [0.25, 0.3) is 0 Å². The number of carbonyl (C=O) groups excluding carboxylic acids is 2. The minimum atomic E-state index is -0.0664. The summed E-state index contributed by atoms with van der Waals surface area (Å²) in [5.41, 5.74) is 0. The minimum absolute atomic E-state index is 0.000264.